The van der Waals surface area contributed by atoms with Gasteiger partial charge in [0.1, 0.15) is 0 Å². The first-order chi connectivity index (χ1) is 10.3. The first-order valence-electron chi connectivity index (χ1n) is 7.85. The maximum atomic E-state index is 6.08. The van der Waals surface area contributed by atoms with Gasteiger partial charge in [0.05, 0.1) is 12.2 Å². The summed E-state index contributed by atoms with van der Waals surface area (Å²) in [5.74, 6) is 0. The minimum absolute atomic E-state index is 0.261. The molecule has 4 heteroatoms. The lowest BCUT2D eigenvalue weighted by Gasteiger charge is -2.29. The molecule has 1 aliphatic heterocycles. The molecule has 0 saturated carbocycles. The van der Waals surface area contributed by atoms with Crippen LogP contribution in [-0.2, 0) is 19.5 Å². The average molecular weight is 284 g/mol. The number of benzene rings is 1. The largest absolute Gasteiger partial charge is 0.329 e. The molecule has 0 radical (unpaired) electrons. The Balaban J connectivity index is 1.84. The van der Waals surface area contributed by atoms with E-state index in [2.05, 4.69) is 47.4 Å². The Hall–Kier alpha value is -1.65. The minimum Gasteiger partial charge on any atom is -0.329 e. The molecule has 1 aromatic carbocycles. The molecule has 112 valence electrons. The molecule has 1 aromatic heterocycles. The van der Waals surface area contributed by atoms with Gasteiger partial charge in [-0.3, -0.25) is 9.58 Å². The highest BCUT2D eigenvalue weighted by Crippen LogP contribution is 2.26. The fourth-order valence-electron chi connectivity index (χ4n) is 3.21. The third kappa shape index (κ3) is 3.01. The van der Waals surface area contributed by atoms with Gasteiger partial charge in [0, 0.05) is 31.4 Å². The van der Waals surface area contributed by atoms with Crippen LogP contribution in [-0.4, -0.2) is 27.8 Å². The van der Waals surface area contributed by atoms with Crippen LogP contribution in [0.5, 0.6) is 0 Å². The predicted molar refractivity (Wildman–Crippen MR) is 84.9 cm³/mol. The SMILES string of the molecule is CCn1cc(C(CN)N2CCCc3ccccc3C2)cn1. The van der Waals surface area contributed by atoms with Gasteiger partial charge < -0.3 is 5.73 Å². The summed E-state index contributed by atoms with van der Waals surface area (Å²) in [6.07, 6.45) is 6.46. The van der Waals surface area contributed by atoms with Gasteiger partial charge in [-0.15, -0.1) is 0 Å². The van der Waals surface area contributed by atoms with E-state index in [1.54, 1.807) is 0 Å². The van der Waals surface area contributed by atoms with E-state index in [0.717, 1.165) is 26.1 Å². The van der Waals surface area contributed by atoms with Crippen LogP contribution in [0.2, 0.25) is 0 Å². The normalized spacial score (nSPS) is 17.2. The second-order valence-corrected chi connectivity index (χ2v) is 5.72. The van der Waals surface area contributed by atoms with Crippen molar-refractivity contribution in [3.63, 3.8) is 0 Å². The Morgan fingerprint density at radius 3 is 2.81 bits per heavy atom. The van der Waals surface area contributed by atoms with Gasteiger partial charge in [-0.1, -0.05) is 24.3 Å². The van der Waals surface area contributed by atoms with Gasteiger partial charge in [-0.25, -0.2) is 0 Å². The number of hydrogen-bond acceptors (Lipinski definition) is 3. The van der Waals surface area contributed by atoms with E-state index < -0.39 is 0 Å². The number of hydrogen-bond donors (Lipinski definition) is 1. The molecule has 4 nitrogen and oxygen atoms in total. The van der Waals surface area contributed by atoms with Crippen LogP contribution in [0.15, 0.2) is 36.7 Å². The lowest BCUT2D eigenvalue weighted by molar-refractivity contribution is 0.195. The fraction of sp³-hybridized carbons (Fsp3) is 0.471. The van der Waals surface area contributed by atoms with Crippen LogP contribution in [0.4, 0.5) is 0 Å². The Morgan fingerprint density at radius 2 is 2.10 bits per heavy atom. The number of nitrogens with zero attached hydrogens (tertiary/aromatic N) is 3. The molecule has 1 unspecified atom stereocenters. The predicted octanol–water partition coefficient (Wildman–Crippen LogP) is 2.35. The van der Waals surface area contributed by atoms with Crippen molar-refractivity contribution in [2.24, 2.45) is 5.73 Å². The highest BCUT2D eigenvalue weighted by molar-refractivity contribution is 5.28. The van der Waals surface area contributed by atoms with Gasteiger partial charge in [-0.05, 0) is 37.4 Å². The summed E-state index contributed by atoms with van der Waals surface area (Å²) in [7, 11) is 0. The van der Waals surface area contributed by atoms with Crippen LogP contribution >= 0.6 is 0 Å². The Morgan fingerprint density at radius 1 is 1.29 bits per heavy atom. The summed E-state index contributed by atoms with van der Waals surface area (Å²) in [5, 5.41) is 4.40. The number of fused-ring (bicyclic) bond motifs is 1. The van der Waals surface area contributed by atoms with Crippen LogP contribution in [0, 0.1) is 0 Å². The van der Waals surface area contributed by atoms with Crippen LogP contribution in [0.25, 0.3) is 0 Å². The summed E-state index contributed by atoms with van der Waals surface area (Å²) in [4.78, 5) is 2.50. The Bertz CT molecular complexity index is 590. The second kappa shape index (κ2) is 6.41. The molecule has 0 fully saturated rings. The molecule has 0 bridgehead atoms. The van der Waals surface area contributed by atoms with Gasteiger partial charge in [0.25, 0.3) is 0 Å². The molecule has 2 aromatic rings. The van der Waals surface area contributed by atoms with Gasteiger partial charge in [-0.2, -0.15) is 5.10 Å². The van der Waals surface area contributed by atoms with Crippen LogP contribution in [0.3, 0.4) is 0 Å². The van der Waals surface area contributed by atoms with E-state index in [1.807, 2.05) is 10.9 Å². The number of rotatable bonds is 4. The molecule has 0 saturated heterocycles. The Kier molecular flexibility index (Phi) is 4.36. The summed E-state index contributed by atoms with van der Waals surface area (Å²) in [6, 6.07) is 9.04. The van der Waals surface area contributed by atoms with Crippen molar-refractivity contribution in [1.29, 1.82) is 0 Å². The van der Waals surface area contributed by atoms with Gasteiger partial charge >= 0.3 is 0 Å². The third-order valence-corrected chi connectivity index (χ3v) is 4.41. The van der Waals surface area contributed by atoms with E-state index in [9.17, 15) is 0 Å². The molecule has 1 aliphatic rings. The number of aromatic nitrogens is 2. The molecule has 21 heavy (non-hydrogen) atoms. The lowest BCUT2D eigenvalue weighted by atomic mass is 10.0. The fourth-order valence-corrected chi connectivity index (χ4v) is 3.21. The van der Waals surface area contributed by atoms with E-state index in [-0.39, 0.29) is 6.04 Å². The van der Waals surface area contributed by atoms with Crippen molar-refractivity contribution in [3.05, 3.63) is 53.3 Å². The zero-order chi connectivity index (χ0) is 14.7. The molecule has 0 spiro atoms. The second-order valence-electron chi connectivity index (χ2n) is 5.72. The van der Waals surface area contributed by atoms with E-state index >= 15 is 0 Å². The molecular formula is C17H24N4. The standard InChI is InChI=1S/C17H24N4/c1-2-21-13-16(11-19-21)17(10-18)20-9-5-8-14-6-3-4-7-15(14)12-20/h3-4,6-7,11,13,17H,2,5,8-10,12,18H2,1H3. The maximum absolute atomic E-state index is 6.08. The highest BCUT2D eigenvalue weighted by atomic mass is 15.3. The summed E-state index contributed by atoms with van der Waals surface area (Å²) in [5.41, 5.74) is 10.2. The molecule has 3 rings (SSSR count). The summed E-state index contributed by atoms with van der Waals surface area (Å²) in [6.45, 7) is 5.72. The van der Waals surface area contributed by atoms with Gasteiger partial charge in [0.2, 0.25) is 0 Å². The summed E-state index contributed by atoms with van der Waals surface area (Å²) >= 11 is 0. The van der Waals surface area contributed by atoms with Crippen molar-refractivity contribution in [1.82, 2.24) is 14.7 Å². The number of aryl methyl sites for hydroxylation is 2. The van der Waals surface area contributed by atoms with Crippen molar-refractivity contribution in [3.8, 4) is 0 Å². The van der Waals surface area contributed by atoms with Crippen molar-refractivity contribution in [2.75, 3.05) is 13.1 Å². The Labute approximate surface area is 126 Å². The van der Waals surface area contributed by atoms with Crippen molar-refractivity contribution < 1.29 is 0 Å². The van der Waals surface area contributed by atoms with Crippen molar-refractivity contribution in [2.45, 2.75) is 38.9 Å². The topological polar surface area (TPSA) is 47.1 Å². The molecular weight excluding hydrogens is 260 g/mol. The first-order valence-corrected chi connectivity index (χ1v) is 7.85. The quantitative estimate of drug-likeness (QED) is 0.937. The van der Waals surface area contributed by atoms with Crippen molar-refractivity contribution >= 4 is 0 Å². The molecule has 0 amide bonds. The summed E-state index contributed by atoms with van der Waals surface area (Å²) < 4.78 is 1.98. The minimum atomic E-state index is 0.261. The van der Waals surface area contributed by atoms with E-state index in [0.29, 0.717) is 6.54 Å². The van der Waals surface area contributed by atoms with Crippen LogP contribution in [0.1, 0.15) is 36.1 Å². The highest BCUT2D eigenvalue weighted by Gasteiger charge is 2.23. The molecule has 2 N–H and O–H groups in total. The van der Waals surface area contributed by atoms with E-state index in [1.165, 1.54) is 23.1 Å². The third-order valence-electron chi connectivity index (χ3n) is 4.41. The van der Waals surface area contributed by atoms with E-state index in [4.69, 9.17) is 5.73 Å². The molecule has 0 aliphatic carbocycles. The van der Waals surface area contributed by atoms with Crippen LogP contribution < -0.4 is 5.73 Å². The smallest absolute Gasteiger partial charge is 0.0538 e. The monoisotopic (exact) mass is 284 g/mol. The number of nitrogens with two attached hydrogens (primary N) is 1. The first kappa shape index (κ1) is 14.3. The van der Waals surface area contributed by atoms with Gasteiger partial charge in [0.15, 0.2) is 0 Å². The molecule has 2 heterocycles. The molecule has 1 atom stereocenters. The zero-order valence-electron chi connectivity index (χ0n) is 12.7. The maximum Gasteiger partial charge on any atom is 0.0538 e. The zero-order valence-corrected chi connectivity index (χ0v) is 12.7. The average Bonchev–Trinajstić information content (AvgIpc) is 2.88. The lowest BCUT2D eigenvalue weighted by Crippen LogP contribution is -2.33.